The minimum Gasteiger partial charge on any atom is -0.480 e. The van der Waals surface area contributed by atoms with Gasteiger partial charge in [0.15, 0.2) is 0 Å². The van der Waals surface area contributed by atoms with Gasteiger partial charge in [-0.25, -0.2) is 8.42 Å². The third kappa shape index (κ3) is 2.84. The Bertz CT molecular complexity index is 398. The second-order valence-corrected chi connectivity index (χ2v) is 7.02. The number of sulfonamides is 1. The van der Waals surface area contributed by atoms with E-state index in [1.54, 1.807) is 6.92 Å². The molecule has 106 valence electrons. The topological polar surface area (TPSA) is 83.9 Å². The van der Waals surface area contributed by atoms with Gasteiger partial charge in [-0.05, 0) is 26.7 Å². The molecule has 0 radical (unpaired) electrons. The maximum atomic E-state index is 12.5. The number of aliphatic carboxylic acids is 1. The molecule has 1 N–H and O–H groups in total. The SMILES string of the molecule is CCN(C(C)(C)C(=O)O)S(=O)(=O)C1CCOCC1. The molecule has 0 aromatic carbocycles. The zero-order valence-electron chi connectivity index (χ0n) is 11.0. The zero-order chi connectivity index (χ0) is 14.0. The van der Waals surface area contributed by atoms with Crippen LogP contribution >= 0.6 is 0 Å². The lowest BCUT2D eigenvalue weighted by molar-refractivity contribution is -0.146. The summed E-state index contributed by atoms with van der Waals surface area (Å²) in [6.45, 7) is 5.45. The lowest BCUT2D eigenvalue weighted by atomic mass is 10.1. The first kappa shape index (κ1) is 15.4. The highest BCUT2D eigenvalue weighted by Gasteiger charge is 2.44. The molecule has 1 heterocycles. The lowest BCUT2D eigenvalue weighted by Gasteiger charge is -2.36. The molecule has 1 rings (SSSR count). The molecule has 0 unspecified atom stereocenters. The average Bonchev–Trinajstić information content (AvgIpc) is 2.30. The van der Waals surface area contributed by atoms with Crippen molar-refractivity contribution in [3.8, 4) is 0 Å². The number of ether oxygens (including phenoxy) is 1. The summed E-state index contributed by atoms with van der Waals surface area (Å²) in [6.07, 6.45) is 0.850. The summed E-state index contributed by atoms with van der Waals surface area (Å²) in [5, 5.41) is 8.64. The molecular formula is C11H21NO5S. The van der Waals surface area contributed by atoms with Crippen molar-refractivity contribution in [3.63, 3.8) is 0 Å². The van der Waals surface area contributed by atoms with Crippen molar-refractivity contribution in [1.29, 1.82) is 0 Å². The highest BCUT2D eigenvalue weighted by Crippen LogP contribution is 2.26. The van der Waals surface area contributed by atoms with Crippen LogP contribution in [-0.2, 0) is 19.6 Å². The molecule has 1 aliphatic heterocycles. The highest BCUT2D eigenvalue weighted by molar-refractivity contribution is 7.89. The number of carboxylic acid groups (broad SMARTS) is 1. The standard InChI is InChI=1S/C11H21NO5S/c1-4-12(11(2,3)10(13)14)18(15,16)9-5-7-17-8-6-9/h9H,4-8H2,1-3H3,(H,13,14). The fraction of sp³-hybridized carbons (Fsp3) is 0.909. The maximum absolute atomic E-state index is 12.5. The van der Waals surface area contributed by atoms with Crippen LogP contribution in [0.3, 0.4) is 0 Å². The number of nitrogens with zero attached hydrogens (tertiary/aromatic N) is 1. The van der Waals surface area contributed by atoms with Gasteiger partial charge < -0.3 is 9.84 Å². The number of hydrogen-bond acceptors (Lipinski definition) is 4. The monoisotopic (exact) mass is 279 g/mol. The van der Waals surface area contributed by atoms with Crippen LogP contribution in [0.5, 0.6) is 0 Å². The van der Waals surface area contributed by atoms with E-state index in [0.29, 0.717) is 26.1 Å². The van der Waals surface area contributed by atoms with Crippen LogP contribution in [0.2, 0.25) is 0 Å². The summed E-state index contributed by atoms with van der Waals surface area (Å²) < 4.78 is 31.2. The van der Waals surface area contributed by atoms with Crippen LogP contribution in [0.1, 0.15) is 33.6 Å². The number of hydrogen-bond donors (Lipinski definition) is 1. The predicted octanol–water partition coefficient (Wildman–Crippen LogP) is 0.680. The summed E-state index contributed by atoms with van der Waals surface area (Å²) in [6, 6.07) is 0. The minimum absolute atomic E-state index is 0.152. The van der Waals surface area contributed by atoms with Crippen LogP contribution in [0.15, 0.2) is 0 Å². The van der Waals surface area contributed by atoms with E-state index in [4.69, 9.17) is 4.74 Å². The van der Waals surface area contributed by atoms with Crippen LogP contribution < -0.4 is 0 Å². The Morgan fingerprint density at radius 3 is 2.28 bits per heavy atom. The predicted molar refractivity (Wildman–Crippen MR) is 66.9 cm³/mol. The summed E-state index contributed by atoms with van der Waals surface area (Å²) >= 11 is 0. The van der Waals surface area contributed by atoms with E-state index in [-0.39, 0.29) is 6.54 Å². The van der Waals surface area contributed by atoms with E-state index in [9.17, 15) is 18.3 Å². The summed E-state index contributed by atoms with van der Waals surface area (Å²) in [7, 11) is -3.60. The normalized spacial score (nSPS) is 19.1. The lowest BCUT2D eigenvalue weighted by Crippen LogP contribution is -2.55. The van der Waals surface area contributed by atoms with E-state index in [1.807, 2.05) is 0 Å². The van der Waals surface area contributed by atoms with Gasteiger partial charge in [-0.1, -0.05) is 6.92 Å². The number of carboxylic acids is 1. The van der Waals surface area contributed by atoms with Gasteiger partial charge in [-0.2, -0.15) is 4.31 Å². The molecule has 0 amide bonds. The Hall–Kier alpha value is -0.660. The van der Waals surface area contributed by atoms with E-state index >= 15 is 0 Å². The minimum atomic E-state index is -3.60. The van der Waals surface area contributed by atoms with Crippen LogP contribution in [0.25, 0.3) is 0 Å². The molecule has 0 spiro atoms. The zero-order valence-corrected chi connectivity index (χ0v) is 11.9. The van der Waals surface area contributed by atoms with E-state index in [1.165, 1.54) is 13.8 Å². The second-order valence-electron chi connectivity index (χ2n) is 4.89. The molecule has 18 heavy (non-hydrogen) atoms. The summed E-state index contributed by atoms with van der Waals surface area (Å²) in [5.74, 6) is -1.14. The second kappa shape index (κ2) is 5.54. The Balaban J connectivity index is 3.03. The summed E-state index contributed by atoms with van der Waals surface area (Å²) in [4.78, 5) is 11.2. The van der Waals surface area contributed by atoms with Crippen molar-refractivity contribution in [3.05, 3.63) is 0 Å². The first-order valence-corrected chi connectivity index (χ1v) is 7.57. The Labute approximate surface area is 108 Å². The number of rotatable bonds is 5. The smallest absolute Gasteiger partial charge is 0.324 e. The molecular weight excluding hydrogens is 258 g/mol. The van der Waals surface area contributed by atoms with Gasteiger partial charge in [-0.15, -0.1) is 0 Å². The van der Waals surface area contributed by atoms with Gasteiger partial charge in [-0.3, -0.25) is 4.79 Å². The van der Waals surface area contributed by atoms with Crippen molar-refractivity contribution >= 4 is 16.0 Å². The van der Waals surface area contributed by atoms with E-state index in [2.05, 4.69) is 0 Å². The fourth-order valence-corrected chi connectivity index (χ4v) is 4.38. The third-order valence-electron chi connectivity index (χ3n) is 3.33. The third-order valence-corrected chi connectivity index (χ3v) is 5.97. The first-order valence-electron chi connectivity index (χ1n) is 6.07. The molecule has 6 nitrogen and oxygen atoms in total. The van der Waals surface area contributed by atoms with Gasteiger partial charge in [0.05, 0.1) is 5.25 Å². The Morgan fingerprint density at radius 1 is 1.39 bits per heavy atom. The molecule has 1 aliphatic rings. The Morgan fingerprint density at radius 2 is 1.89 bits per heavy atom. The van der Waals surface area contributed by atoms with E-state index in [0.717, 1.165) is 4.31 Å². The Kier molecular flexibility index (Phi) is 4.74. The molecule has 0 aromatic rings. The quantitative estimate of drug-likeness (QED) is 0.800. The van der Waals surface area contributed by atoms with Gasteiger partial charge >= 0.3 is 5.97 Å². The fourth-order valence-electron chi connectivity index (χ4n) is 2.15. The van der Waals surface area contributed by atoms with Crippen LogP contribution in [-0.4, -0.2) is 54.3 Å². The first-order chi connectivity index (χ1) is 8.24. The average molecular weight is 279 g/mol. The largest absolute Gasteiger partial charge is 0.480 e. The van der Waals surface area contributed by atoms with Crippen LogP contribution in [0, 0.1) is 0 Å². The molecule has 0 aromatic heterocycles. The molecule has 1 saturated heterocycles. The van der Waals surface area contributed by atoms with Gasteiger partial charge in [0.2, 0.25) is 10.0 Å². The van der Waals surface area contributed by atoms with Crippen LogP contribution in [0.4, 0.5) is 0 Å². The van der Waals surface area contributed by atoms with Crippen molar-refractivity contribution in [2.24, 2.45) is 0 Å². The van der Waals surface area contributed by atoms with Crippen molar-refractivity contribution in [2.45, 2.75) is 44.4 Å². The molecule has 7 heteroatoms. The van der Waals surface area contributed by atoms with Gasteiger partial charge in [0.25, 0.3) is 0 Å². The van der Waals surface area contributed by atoms with Crippen molar-refractivity contribution < 1.29 is 23.1 Å². The van der Waals surface area contributed by atoms with Crippen molar-refractivity contribution in [1.82, 2.24) is 4.31 Å². The molecule has 0 aliphatic carbocycles. The number of carbonyl (C=O) groups is 1. The maximum Gasteiger partial charge on any atom is 0.324 e. The van der Waals surface area contributed by atoms with Gasteiger partial charge in [0.1, 0.15) is 5.54 Å². The molecule has 0 saturated carbocycles. The summed E-state index contributed by atoms with van der Waals surface area (Å²) in [5.41, 5.74) is -1.42. The van der Waals surface area contributed by atoms with E-state index < -0.39 is 26.8 Å². The van der Waals surface area contributed by atoms with Gasteiger partial charge in [0, 0.05) is 19.8 Å². The van der Waals surface area contributed by atoms with Crippen molar-refractivity contribution in [2.75, 3.05) is 19.8 Å². The molecule has 0 atom stereocenters. The number of likely N-dealkylation sites (N-methyl/N-ethyl adjacent to an activating group) is 1. The highest BCUT2D eigenvalue weighted by atomic mass is 32.2. The molecule has 1 fully saturated rings. The molecule has 0 bridgehead atoms.